The summed E-state index contributed by atoms with van der Waals surface area (Å²) in [4.78, 5) is 0. The number of benzene rings is 2. The number of rotatable bonds is 2. The van der Waals surface area contributed by atoms with Crippen LogP contribution in [0.15, 0.2) is 60.7 Å². The van der Waals surface area contributed by atoms with Gasteiger partial charge in [0.25, 0.3) is 16.8 Å². The highest BCUT2D eigenvalue weighted by atomic mass is 28.4. The monoisotopic (exact) mass is 475 g/mol. The fraction of sp³-hybridized carbons (Fsp3) is 0.571. The second kappa shape index (κ2) is 9.54. The largest absolute Gasteiger partial charge is 0.307 e. The fourth-order valence-electron chi connectivity index (χ4n) is 5.32. The lowest BCUT2D eigenvalue weighted by Crippen LogP contribution is -2.57. The number of halogens is 2. The average Bonchev–Trinajstić information content (AvgIpc) is 2.65. The first-order valence-electron chi connectivity index (χ1n) is 11.7. The van der Waals surface area contributed by atoms with Gasteiger partial charge in [-0.3, -0.25) is 0 Å². The Balaban J connectivity index is 0.000000320. The van der Waals surface area contributed by atoms with E-state index in [0.29, 0.717) is 0 Å². The maximum absolute atomic E-state index is 15.7. The highest BCUT2D eigenvalue weighted by Crippen LogP contribution is 2.52. The van der Waals surface area contributed by atoms with E-state index in [1.165, 1.54) is 0 Å². The van der Waals surface area contributed by atoms with Gasteiger partial charge in [-0.25, -0.2) is 0 Å². The van der Waals surface area contributed by atoms with Gasteiger partial charge in [0.1, 0.15) is 0 Å². The van der Waals surface area contributed by atoms with E-state index in [-0.39, 0.29) is 20.2 Å². The minimum atomic E-state index is -3.03. The van der Waals surface area contributed by atoms with Crippen LogP contribution in [0.1, 0.15) is 83.1 Å². The Morgan fingerprint density at radius 1 is 0.406 bits per heavy atom. The molecule has 0 bridgehead atoms. The zero-order valence-corrected chi connectivity index (χ0v) is 24.5. The Morgan fingerprint density at radius 2 is 0.594 bits per heavy atom. The van der Waals surface area contributed by atoms with Crippen molar-refractivity contribution in [1.82, 2.24) is 0 Å². The van der Waals surface area contributed by atoms with Crippen LogP contribution in [0.3, 0.4) is 0 Å². The zero-order valence-electron chi connectivity index (χ0n) is 22.5. The molecular weight excluding hydrogens is 429 g/mol. The molecule has 0 amide bonds. The molecule has 0 aliphatic carbocycles. The highest BCUT2D eigenvalue weighted by molar-refractivity contribution is 6.91. The first-order valence-corrected chi connectivity index (χ1v) is 15.5. The smallest absolute Gasteiger partial charge is 0.288 e. The maximum Gasteiger partial charge on any atom is 0.288 e. The lowest BCUT2D eigenvalue weighted by molar-refractivity contribution is 0.535. The molecule has 0 aliphatic heterocycles. The Labute approximate surface area is 199 Å². The SMILES string of the molecule is CC(C)(C)[Si]([18F])(c1ccccc1)C(C)(C)C.CC(C)(C)[Si]([19F])(c1ccccc1)C(C)(C)C. The van der Waals surface area contributed by atoms with Crippen molar-refractivity contribution < 1.29 is 8.22 Å². The Hall–Kier alpha value is -1.27. The van der Waals surface area contributed by atoms with Gasteiger partial charge < -0.3 is 8.22 Å². The topological polar surface area (TPSA) is 0 Å². The summed E-state index contributed by atoms with van der Waals surface area (Å²) < 4.78 is 31.4. The van der Waals surface area contributed by atoms with Crippen molar-refractivity contribution in [2.45, 2.75) is 103 Å². The van der Waals surface area contributed by atoms with Crippen LogP contribution in [0.2, 0.25) is 20.2 Å². The normalized spacial score (nSPS) is 13.9. The van der Waals surface area contributed by atoms with Gasteiger partial charge in [0.2, 0.25) is 0 Å². The van der Waals surface area contributed by atoms with Crippen molar-refractivity contribution in [2.24, 2.45) is 0 Å². The summed E-state index contributed by atoms with van der Waals surface area (Å²) in [5.74, 6) is 0. The Bertz CT molecular complexity index is 732. The van der Waals surface area contributed by atoms with Gasteiger partial charge in [-0.15, -0.1) is 0 Å². The molecule has 0 aliphatic rings. The standard InChI is InChI=1S/2C14H23FSi/c2*1-13(2,3)16(15,14(4,5)6)12-10-8-7-9-11-12/h2*7-11H,1-6H3/i15+0;15-1. The minimum absolute atomic E-state index is 0.285. The molecule has 0 unspecified atom stereocenters. The summed E-state index contributed by atoms with van der Waals surface area (Å²) in [5.41, 5.74) is 0. The first-order chi connectivity index (χ1) is 14.2. The van der Waals surface area contributed by atoms with Crippen molar-refractivity contribution >= 4 is 27.2 Å². The summed E-state index contributed by atoms with van der Waals surface area (Å²) >= 11 is 0. The van der Waals surface area contributed by atoms with Gasteiger partial charge in [0, 0.05) is 0 Å². The number of hydrogen-bond donors (Lipinski definition) is 0. The average molecular weight is 476 g/mol. The van der Waals surface area contributed by atoms with E-state index in [9.17, 15) is 0 Å². The molecule has 2 rings (SSSR count). The van der Waals surface area contributed by atoms with E-state index >= 15 is 8.22 Å². The van der Waals surface area contributed by atoms with Crippen molar-refractivity contribution in [2.75, 3.05) is 0 Å². The molecule has 0 radical (unpaired) electrons. The quantitative estimate of drug-likeness (QED) is 0.300. The fourth-order valence-corrected chi connectivity index (χ4v) is 14.6. The third kappa shape index (κ3) is 5.62. The van der Waals surface area contributed by atoms with E-state index in [2.05, 4.69) is 0 Å². The van der Waals surface area contributed by atoms with Gasteiger partial charge in [-0.1, -0.05) is 144 Å². The van der Waals surface area contributed by atoms with Crippen LogP contribution < -0.4 is 10.4 Å². The van der Waals surface area contributed by atoms with Gasteiger partial charge in [0.15, 0.2) is 0 Å². The van der Waals surface area contributed by atoms with Gasteiger partial charge >= 0.3 is 0 Å². The second-order valence-electron chi connectivity index (χ2n) is 13.0. The van der Waals surface area contributed by atoms with Crippen LogP contribution in [0.5, 0.6) is 0 Å². The molecule has 0 N–H and O–H groups in total. The molecule has 180 valence electrons. The van der Waals surface area contributed by atoms with Crippen LogP contribution >= 0.6 is 0 Å². The molecular formula is C28H46F2Si2. The molecule has 2 aromatic rings. The van der Waals surface area contributed by atoms with Crippen LogP contribution in [-0.2, 0) is 0 Å². The minimum Gasteiger partial charge on any atom is -0.307 e. The van der Waals surface area contributed by atoms with Gasteiger partial charge in [0.05, 0.1) is 0 Å². The molecule has 0 atom stereocenters. The van der Waals surface area contributed by atoms with Gasteiger partial charge in [-0.2, -0.15) is 0 Å². The third-order valence-electron chi connectivity index (χ3n) is 6.48. The van der Waals surface area contributed by atoms with E-state index in [0.717, 1.165) is 10.4 Å². The molecule has 0 aromatic heterocycles. The number of hydrogen-bond acceptors (Lipinski definition) is 0. The summed E-state index contributed by atoms with van der Waals surface area (Å²) in [5, 5.41) is 0.684. The Kier molecular flexibility index (Phi) is 8.57. The lowest BCUT2D eigenvalue weighted by Gasteiger charge is -2.44. The van der Waals surface area contributed by atoms with Gasteiger partial charge in [-0.05, 0) is 30.5 Å². The van der Waals surface area contributed by atoms with E-state index in [4.69, 9.17) is 0 Å². The summed E-state index contributed by atoms with van der Waals surface area (Å²) in [6.45, 7) is 24.3. The predicted octanol–water partition coefficient (Wildman–Crippen LogP) is 8.82. The maximum atomic E-state index is 15.7. The molecule has 2 aromatic carbocycles. The second-order valence-corrected chi connectivity index (χ2v) is 22.8. The molecule has 0 spiro atoms. The van der Waals surface area contributed by atoms with Crippen molar-refractivity contribution in [3.8, 4) is 0 Å². The summed E-state index contributed by atoms with van der Waals surface area (Å²) in [6.07, 6.45) is 0. The highest BCUT2D eigenvalue weighted by Gasteiger charge is 2.57. The molecule has 0 saturated heterocycles. The summed E-state index contributed by atoms with van der Waals surface area (Å²) in [7, 11) is -6.06. The zero-order chi connectivity index (χ0) is 25.2. The summed E-state index contributed by atoms with van der Waals surface area (Å²) in [6, 6.07) is 19.4. The van der Waals surface area contributed by atoms with E-state index < -0.39 is 16.8 Å². The van der Waals surface area contributed by atoms with Crippen molar-refractivity contribution in [3.63, 3.8) is 0 Å². The van der Waals surface area contributed by atoms with E-state index in [1.807, 2.05) is 144 Å². The van der Waals surface area contributed by atoms with E-state index in [1.54, 1.807) is 0 Å². The van der Waals surface area contributed by atoms with Crippen LogP contribution in [-0.4, -0.2) is 16.8 Å². The van der Waals surface area contributed by atoms with Crippen LogP contribution in [0, 0.1) is 0 Å². The molecule has 32 heavy (non-hydrogen) atoms. The van der Waals surface area contributed by atoms with Crippen LogP contribution in [0.25, 0.3) is 0 Å². The first kappa shape index (κ1) is 28.8. The molecule has 4 heteroatoms. The molecule has 0 nitrogen and oxygen atoms in total. The predicted molar refractivity (Wildman–Crippen MR) is 145 cm³/mol. The molecule has 0 fully saturated rings. The Morgan fingerprint density at radius 3 is 0.750 bits per heavy atom. The third-order valence-corrected chi connectivity index (χ3v) is 17.0. The van der Waals surface area contributed by atoms with Crippen LogP contribution in [0.4, 0.5) is 8.22 Å². The molecule has 0 saturated carbocycles. The van der Waals surface area contributed by atoms with Crippen molar-refractivity contribution in [3.05, 3.63) is 60.7 Å². The lowest BCUT2D eigenvalue weighted by atomic mass is 10.2. The van der Waals surface area contributed by atoms with Crippen molar-refractivity contribution in [1.29, 1.82) is 0 Å². The molecule has 0 heterocycles.